The van der Waals surface area contributed by atoms with E-state index in [2.05, 4.69) is 23.0 Å². The van der Waals surface area contributed by atoms with Gasteiger partial charge >= 0.3 is 0 Å². The van der Waals surface area contributed by atoms with E-state index < -0.39 is 0 Å². The van der Waals surface area contributed by atoms with Gasteiger partial charge in [0.15, 0.2) is 0 Å². The summed E-state index contributed by atoms with van der Waals surface area (Å²) in [5.74, 6) is 1.57. The first-order valence-electron chi connectivity index (χ1n) is 11.2. The minimum atomic E-state index is -0.00139. The lowest BCUT2D eigenvalue weighted by Crippen LogP contribution is -2.23. The fourth-order valence-electron chi connectivity index (χ4n) is 4.29. The standard InChI is InChI=1S/C28H25ClN2O2/c29-26-18-22(7-6-16-30-14-4-5-15-30)17-23-20-31(28(32)27(23)26)19-21-10-12-25(13-11-21)33-24-8-2-1-3-9-24/h1-5,8-15,17-18H,6-7,16,19-20H2. The van der Waals surface area contributed by atoms with Gasteiger partial charge in [-0.15, -0.1) is 0 Å². The van der Waals surface area contributed by atoms with E-state index in [1.165, 1.54) is 5.56 Å². The number of aryl methyl sites for hydroxylation is 2. The van der Waals surface area contributed by atoms with E-state index in [1.807, 2.05) is 77.7 Å². The molecule has 0 N–H and O–H groups in total. The van der Waals surface area contributed by atoms with E-state index in [9.17, 15) is 4.79 Å². The van der Waals surface area contributed by atoms with Crippen LogP contribution in [0.5, 0.6) is 11.5 Å². The van der Waals surface area contributed by atoms with Crippen molar-refractivity contribution in [3.63, 3.8) is 0 Å². The number of carbonyl (C=O) groups is 1. The lowest BCUT2D eigenvalue weighted by atomic mass is 10.0. The van der Waals surface area contributed by atoms with Gasteiger partial charge < -0.3 is 14.2 Å². The summed E-state index contributed by atoms with van der Waals surface area (Å²) < 4.78 is 8.04. The van der Waals surface area contributed by atoms with Crippen LogP contribution in [0.1, 0.15) is 33.5 Å². The third kappa shape index (κ3) is 4.96. The molecule has 0 atom stereocenters. The van der Waals surface area contributed by atoms with Gasteiger partial charge in [-0.3, -0.25) is 4.79 Å². The van der Waals surface area contributed by atoms with Crippen LogP contribution in [0.2, 0.25) is 5.02 Å². The summed E-state index contributed by atoms with van der Waals surface area (Å²) in [5, 5.41) is 0.558. The van der Waals surface area contributed by atoms with Crippen LogP contribution >= 0.6 is 11.6 Å². The fourth-order valence-corrected chi connectivity index (χ4v) is 4.63. The van der Waals surface area contributed by atoms with Gasteiger partial charge in [-0.05, 0) is 72.0 Å². The molecule has 0 bridgehead atoms. The molecule has 0 saturated carbocycles. The van der Waals surface area contributed by atoms with Gasteiger partial charge in [0.25, 0.3) is 5.91 Å². The summed E-state index contributed by atoms with van der Waals surface area (Å²) in [4.78, 5) is 14.9. The first-order chi connectivity index (χ1) is 16.2. The number of rotatable bonds is 8. The Hall–Kier alpha value is -3.50. The lowest BCUT2D eigenvalue weighted by molar-refractivity contribution is 0.0767. The van der Waals surface area contributed by atoms with Crippen LogP contribution in [-0.4, -0.2) is 15.4 Å². The van der Waals surface area contributed by atoms with Gasteiger partial charge in [-0.1, -0.05) is 48.0 Å². The maximum absolute atomic E-state index is 13.0. The molecule has 166 valence electrons. The smallest absolute Gasteiger partial charge is 0.256 e. The van der Waals surface area contributed by atoms with Gasteiger partial charge in [-0.25, -0.2) is 0 Å². The van der Waals surface area contributed by atoms with Crippen molar-refractivity contribution < 1.29 is 9.53 Å². The van der Waals surface area contributed by atoms with Gasteiger partial charge in [-0.2, -0.15) is 0 Å². The molecule has 5 heteroatoms. The number of benzene rings is 3. The molecular formula is C28H25ClN2O2. The van der Waals surface area contributed by atoms with Crippen LogP contribution < -0.4 is 4.74 Å². The third-order valence-corrected chi connectivity index (χ3v) is 6.22. The highest BCUT2D eigenvalue weighted by atomic mass is 35.5. The molecule has 2 heterocycles. The normalized spacial score (nSPS) is 12.8. The van der Waals surface area contributed by atoms with E-state index in [0.29, 0.717) is 23.7 Å². The molecule has 0 aliphatic carbocycles. The van der Waals surface area contributed by atoms with E-state index in [-0.39, 0.29) is 5.91 Å². The summed E-state index contributed by atoms with van der Waals surface area (Å²) in [6, 6.07) is 25.7. The molecule has 1 amide bonds. The Labute approximate surface area is 199 Å². The van der Waals surface area contributed by atoms with Gasteiger partial charge in [0, 0.05) is 32.0 Å². The maximum atomic E-state index is 13.0. The zero-order chi connectivity index (χ0) is 22.6. The fraction of sp³-hybridized carbons (Fsp3) is 0.179. The zero-order valence-electron chi connectivity index (χ0n) is 18.3. The van der Waals surface area contributed by atoms with Crippen molar-refractivity contribution in [2.75, 3.05) is 0 Å². The highest BCUT2D eigenvalue weighted by Crippen LogP contribution is 2.32. The van der Waals surface area contributed by atoms with Crippen molar-refractivity contribution >= 4 is 17.5 Å². The molecule has 33 heavy (non-hydrogen) atoms. The summed E-state index contributed by atoms with van der Waals surface area (Å²) in [6.07, 6.45) is 6.11. The van der Waals surface area contributed by atoms with Crippen molar-refractivity contribution in [2.24, 2.45) is 0 Å². The minimum absolute atomic E-state index is 0.00139. The molecule has 3 aromatic carbocycles. The SMILES string of the molecule is O=C1c2c(Cl)cc(CCCn3cccc3)cc2CN1Cc1ccc(Oc2ccccc2)cc1. The van der Waals surface area contributed by atoms with Crippen molar-refractivity contribution in [1.29, 1.82) is 0 Å². The summed E-state index contributed by atoms with van der Waals surface area (Å²) in [5.41, 5.74) is 3.91. The van der Waals surface area contributed by atoms with Gasteiger partial charge in [0.2, 0.25) is 0 Å². The first kappa shape index (κ1) is 21.4. The Morgan fingerprint density at radius 1 is 0.848 bits per heavy atom. The third-order valence-electron chi connectivity index (χ3n) is 5.92. The second-order valence-corrected chi connectivity index (χ2v) is 8.76. The van der Waals surface area contributed by atoms with Crippen LogP contribution in [0.25, 0.3) is 0 Å². The number of nitrogens with zero attached hydrogens (tertiary/aromatic N) is 2. The van der Waals surface area contributed by atoms with Crippen LogP contribution in [-0.2, 0) is 26.1 Å². The van der Waals surface area contributed by atoms with Gasteiger partial charge in [0.05, 0.1) is 10.6 Å². The van der Waals surface area contributed by atoms with Crippen LogP contribution in [0, 0.1) is 0 Å². The van der Waals surface area contributed by atoms with Crippen molar-refractivity contribution in [3.05, 3.63) is 119 Å². The molecule has 0 radical (unpaired) electrons. The summed E-state index contributed by atoms with van der Waals surface area (Å²) >= 11 is 6.54. The Bertz CT molecular complexity index is 1240. The molecule has 0 saturated heterocycles. The number of hydrogen-bond acceptors (Lipinski definition) is 2. The van der Waals surface area contributed by atoms with Crippen LogP contribution in [0.15, 0.2) is 91.3 Å². The van der Waals surface area contributed by atoms with Crippen LogP contribution in [0.3, 0.4) is 0 Å². The van der Waals surface area contributed by atoms with E-state index in [1.54, 1.807) is 0 Å². The summed E-state index contributed by atoms with van der Waals surface area (Å²) in [6.45, 7) is 2.09. The molecule has 1 aliphatic heterocycles. The molecule has 1 aliphatic rings. The predicted octanol–water partition coefficient (Wildman–Crippen LogP) is 6.72. The molecule has 4 nitrogen and oxygen atoms in total. The van der Waals surface area contributed by atoms with E-state index in [4.69, 9.17) is 16.3 Å². The molecular weight excluding hydrogens is 432 g/mol. The number of hydrogen-bond donors (Lipinski definition) is 0. The molecule has 0 unspecified atom stereocenters. The monoisotopic (exact) mass is 456 g/mol. The highest BCUT2D eigenvalue weighted by molar-refractivity contribution is 6.34. The number of amides is 1. The lowest BCUT2D eigenvalue weighted by Gasteiger charge is -2.16. The molecule has 5 rings (SSSR count). The van der Waals surface area contributed by atoms with E-state index in [0.717, 1.165) is 42.0 Å². The number of para-hydroxylation sites is 1. The van der Waals surface area contributed by atoms with Crippen molar-refractivity contribution in [3.8, 4) is 11.5 Å². The minimum Gasteiger partial charge on any atom is -0.457 e. The van der Waals surface area contributed by atoms with Crippen molar-refractivity contribution in [2.45, 2.75) is 32.5 Å². The average Bonchev–Trinajstić information content (AvgIpc) is 3.44. The number of fused-ring (bicyclic) bond motifs is 1. The Kier molecular flexibility index (Phi) is 6.18. The second kappa shape index (κ2) is 9.55. The maximum Gasteiger partial charge on any atom is 0.256 e. The quantitative estimate of drug-likeness (QED) is 0.295. The number of halogens is 1. The second-order valence-electron chi connectivity index (χ2n) is 8.36. The first-order valence-corrected chi connectivity index (χ1v) is 11.6. The average molecular weight is 457 g/mol. The number of carbonyl (C=O) groups excluding carboxylic acids is 1. The molecule has 4 aromatic rings. The van der Waals surface area contributed by atoms with Crippen LogP contribution in [0.4, 0.5) is 0 Å². The zero-order valence-corrected chi connectivity index (χ0v) is 19.0. The molecule has 0 fully saturated rings. The highest BCUT2D eigenvalue weighted by Gasteiger charge is 2.30. The Morgan fingerprint density at radius 3 is 2.33 bits per heavy atom. The Balaban J connectivity index is 1.22. The Morgan fingerprint density at radius 2 is 1.58 bits per heavy atom. The largest absolute Gasteiger partial charge is 0.457 e. The number of aromatic nitrogens is 1. The van der Waals surface area contributed by atoms with Gasteiger partial charge in [0.1, 0.15) is 11.5 Å². The number of ether oxygens (including phenoxy) is 1. The molecule has 0 spiro atoms. The predicted molar refractivity (Wildman–Crippen MR) is 131 cm³/mol. The topological polar surface area (TPSA) is 34.5 Å². The van der Waals surface area contributed by atoms with Crippen molar-refractivity contribution in [1.82, 2.24) is 9.47 Å². The molecule has 1 aromatic heterocycles. The van der Waals surface area contributed by atoms with E-state index >= 15 is 0 Å². The summed E-state index contributed by atoms with van der Waals surface area (Å²) in [7, 11) is 0.